The van der Waals surface area contributed by atoms with Gasteiger partial charge in [0.15, 0.2) is 0 Å². The first-order valence-electron chi connectivity index (χ1n) is 5.77. The summed E-state index contributed by atoms with van der Waals surface area (Å²) in [5, 5.41) is 1.24. The largest absolute Gasteiger partial charge is 0.237 e. The van der Waals surface area contributed by atoms with Crippen molar-refractivity contribution in [2.24, 2.45) is 0 Å². The van der Waals surface area contributed by atoms with Gasteiger partial charge >= 0.3 is 0 Å². The Morgan fingerprint density at radius 3 is 2.31 bits per heavy atom. The molecule has 86 valence electrons. The average Bonchev–Trinajstić information content (AvgIpc) is 2.55. The molecule has 2 aromatic rings. The molecule has 3 heteroatoms. The van der Waals surface area contributed by atoms with E-state index in [1.165, 1.54) is 16.0 Å². The predicted molar refractivity (Wildman–Crippen MR) is 70.3 cm³/mol. The zero-order chi connectivity index (χ0) is 11.9. The van der Waals surface area contributed by atoms with Crippen LogP contribution in [0.3, 0.4) is 0 Å². The SMILES string of the molecule is Cc1cc2c(C(C)C)nc(C(C)C)nc2s1. The molecular weight excluding hydrogens is 216 g/mol. The zero-order valence-electron chi connectivity index (χ0n) is 10.5. The highest BCUT2D eigenvalue weighted by atomic mass is 32.1. The Labute approximate surface area is 101 Å². The van der Waals surface area contributed by atoms with Crippen LogP contribution in [-0.2, 0) is 0 Å². The Morgan fingerprint density at radius 2 is 1.75 bits per heavy atom. The summed E-state index contributed by atoms with van der Waals surface area (Å²) in [5.74, 6) is 1.82. The molecule has 0 aliphatic rings. The second kappa shape index (κ2) is 4.13. The lowest BCUT2D eigenvalue weighted by Crippen LogP contribution is -2.02. The van der Waals surface area contributed by atoms with Gasteiger partial charge in [-0.2, -0.15) is 0 Å². The van der Waals surface area contributed by atoms with Crippen LogP contribution in [0, 0.1) is 6.92 Å². The number of hydrogen-bond donors (Lipinski definition) is 0. The Bertz CT molecular complexity index is 512. The second-order valence-corrected chi connectivity index (χ2v) is 6.09. The summed E-state index contributed by atoms with van der Waals surface area (Å²) in [6, 6.07) is 2.21. The Kier molecular flexibility index (Phi) is 2.98. The van der Waals surface area contributed by atoms with Crippen LogP contribution in [0.4, 0.5) is 0 Å². The monoisotopic (exact) mass is 234 g/mol. The van der Waals surface area contributed by atoms with Crippen LogP contribution in [0.25, 0.3) is 10.2 Å². The fourth-order valence-corrected chi connectivity index (χ4v) is 2.67. The highest BCUT2D eigenvalue weighted by Crippen LogP contribution is 2.30. The number of hydrogen-bond acceptors (Lipinski definition) is 3. The van der Waals surface area contributed by atoms with E-state index in [4.69, 9.17) is 4.98 Å². The molecule has 0 spiro atoms. The standard InChI is InChI=1S/C13H18N2S/c1-7(2)11-10-6-9(5)16-13(10)15-12(14-11)8(3)4/h6-8H,1-5H3. The Hall–Kier alpha value is -0.960. The van der Waals surface area contributed by atoms with E-state index in [1.54, 1.807) is 11.3 Å². The second-order valence-electron chi connectivity index (χ2n) is 4.85. The van der Waals surface area contributed by atoms with Gasteiger partial charge in [0.05, 0.1) is 5.69 Å². The van der Waals surface area contributed by atoms with Crippen molar-refractivity contribution in [3.05, 3.63) is 22.5 Å². The maximum absolute atomic E-state index is 4.71. The number of nitrogens with zero attached hydrogens (tertiary/aromatic N) is 2. The fraction of sp³-hybridized carbons (Fsp3) is 0.538. The summed E-state index contributed by atoms with van der Waals surface area (Å²) in [4.78, 5) is 11.8. The molecule has 16 heavy (non-hydrogen) atoms. The molecule has 0 N–H and O–H groups in total. The van der Waals surface area contributed by atoms with Gasteiger partial charge in [-0.3, -0.25) is 0 Å². The van der Waals surface area contributed by atoms with E-state index in [1.807, 2.05) is 0 Å². The van der Waals surface area contributed by atoms with Crippen LogP contribution in [0.1, 0.15) is 55.9 Å². The molecule has 0 aliphatic carbocycles. The molecule has 0 saturated carbocycles. The third-order valence-electron chi connectivity index (χ3n) is 2.63. The molecule has 2 aromatic heterocycles. The van der Waals surface area contributed by atoms with Gasteiger partial charge in [0.1, 0.15) is 10.7 Å². The number of fused-ring (bicyclic) bond motifs is 1. The number of aromatic nitrogens is 2. The lowest BCUT2D eigenvalue weighted by Gasteiger charge is -2.10. The van der Waals surface area contributed by atoms with Crippen LogP contribution >= 0.6 is 11.3 Å². The van der Waals surface area contributed by atoms with Crippen molar-refractivity contribution in [3.8, 4) is 0 Å². The molecule has 0 aliphatic heterocycles. The van der Waals surface area contributed by atoms with Crippen molar-refractivity contribution in [2.45, 2.75) is 46.5 Å². The Morgan fingerprint density at radius 1 is 1.06 bits per heavy atom. The van der Waals surface area contributed by atoms with Gasteiger partial charge in [-0.15, -0.1) is 11.3 Å². The van der Waals surface area contributed by atoms with Crippen molar-refractivity contribution in [3.63, 3.8) is 0 Å². The highest BCUT2D eigenvalue weighted by Gasteiger charge is 2.14. The van der Waals surface area contributed by atoms with Gasteiger partial charge in [-0.25, -0.2) is 9.97 Å². The van der Waals surface area contributed by atoms with Crippen molar-refractivity contribution >= 4 is 21.6 Å². The predicted octanol–water partition coefficient (Wildman–Crippen LogP) is 4.25. The van der Waals surface area contributed by atoms with Gasteiger partial charge in [-0.1, -0.05) is 27.7 Å². The topological polar surface area (TPSA) is 25.8 Å². The Balaban J connectivity index is 2.73. The molecule has 0 unspecified atom stereocenters. The van der Waals surface area contributed by atoms with Gasteiger partial charge in [0.2, 0.25) is 0 Å². The van der Waals surface area contributed by atoms with Crippen LogP contribution in [0.5, 0.6) is 0 Å². The smallest absolute Gasteiger partial charge is 0.132 e. The summed E-state index contributed by atoms with van der Waals surface area (Å²) in [6.07, 6.45) is 0. The van der Waals surface area contributed by atoms with Gasteiger partial charge in [-0.05, 0) is 18.9 Å². The fourth-order valence-electron chi connectivity index (χ4n) is 1.78. The summed E-state index contributed by atoms with van der Waals surface area (Å²) < 4.78 is 0. The van der Waals surface area contributed by atoms with Crippen LogP contribution in [-0.4, -0.2) is 9.97 Å². The third-order valence-corrected chi connectivity index (χ3v) is 3.57. The zero-order valence-corrected chi connectivity index (χ0v) is 11.4. The minimum Gasteiger partial charge on any atom is -0.237 e. The summed E-state index contributed by atoms with van der Waals surface area (Å²) in [5.41, 5.74) is 1.19. The molecule has 0 bridgehead atoms. The van der Waals surface area contributed by atoms with Crippen LogP contribution in [0.15, 0.2) is 6.07 Å². The molecule has 0 fully saturated rings. The molecule has 0 aromatic carbocycles. The molecule has 2 heterocycles. The number of aryl methyl sites for hydroxylation is 1. The van der Waals surface area contributed by atoms with E-state index in [0.717, 1.165) is 10.7 Å². The quantitative estimate of drug-likeness (QED) is 0.776. The summed E-state index contributed by atoms with van der Waals surface area (Å²) in [7, 11) is 0. The van der Waals surface area contributed by atoms with E-state index in [9.17, 15) is 0 Å². The van der Waals surface area contributed by atoms with Gasteiger partial charge < -0.3 is 0 Å². The molecule has 2 rings (SSSR count). The molecular formula is C13H18N2S. The van der Waals surface area contributed by atoms with Crippen LogP contribution in [0.2, 0.25) is 0 Å². The normalized spacial score (nSPS) is 11.9. The number of thiophene rings is 1. The molecule has 2 nitrogen and oxygen atoms in total. The lowest BCUT2D eigenvalue weighted by molar-refractivity contribution is 0.744. The first-order valence-corrected chi connectivity index (χ1v) is 6.58. The maximum atomic E-state index is 4.71. The first kappa shape index (κ1) is 11.5. The molecule has 0 amide bonds. The minimum atomic E-state index is 0.393. The van der Waals surface area contributed by atoms with E-state index in [-0.39, 0.29) is 0 Å². The van der Waals surface area contributed by atoms with Gasteiger partial charge in [0.25, 0.3) is 0 Å². The first-order chi connectivity index (χ1) is 7.49. The highest BCUT2D eigenvalue weighted by molar-refractivity contribution is 7.18. The van der Waals surface area contributed by atoms with Crippen molar-refractivity contribution < 1.29 is 0 Å². The van der Waals surface area contributed by atoms with E-state index < -0.39 is 0 Å². The van der Waals surface area contributed by atoms with E-state index >= 15 is 0 Å². The molecule has 0 radical (unpaired) electrons. The summed E-state index contributed by atoms with van der Waals surface area (Å²) >= 11 is 1.76. The van der Waals surface area contributed by atoms with E-state index in [2.05, 4.69) is 45.7 Å². The van der Waals surface area contributed by atoms with Crippen molar-refractivity contribution in [1.29, 1.82) is 0 Å². The minimum absolute atomic E-state index is 0.393. The lowest BCUT2D eigenvalue weighted by atomic mass is 10.1. The molecule has 0 saturated heterocycles. The van der Waals surface area contributed by atoms with Crippen molar-refractivity contribution in [1.82, 2.24) is 9.97 Å². The molecule has 0 atom stereocenters. The van der Waals surface area contributed by atoms with E-state index in [0.29, 0.717) is 11.8 Å². The average molecular weight is 234 g/mol. The van der Waals surface area contributed by atoms with Crippen LogP contribution < -0.4 is 0 Å². The van der Waals surface area contributed by atoms with Crippen molar-refractivity contribution in [2.75, 3.05) is 0 Å². The van der Waals surface area contributed by atoms with Gasteiger partial charge in [0, 0.05) is 16.2 Å². The number of rotatable bonds is 2. The third kappa shape index (κ3) is 1.96. The maximum Gasteiger partial charge on any atom is 0.132 e. The summed E-state index contributed by atoms with van der Waals surface area (Å²) in [6.45, 7) is 10.8.